The molecule has 3 aromatic rings. The largest absolute Gasteiger partial charge is 0.297 e. The highest BCUT2D eigenvalue weighted by molar-refractivity contribution is 7.90. The molecule has 0 aliphatic rings. The first kappa shape index (κ1) is 16.9. The molecular weight excluding hydrogens is 368 g/mol. The van der Waals surface area contributed by atoms with Gasteiger partial charge in [-0.3, -0.25) is 10.1 Å². The van der Waals surface area contributed by atoms with E-state index in [1.807, 2.05) is 6.92 Å². The Morgan fingerprint density at radius 2 is 2.12 bits per heavy atom. The van der Waals surface area contributed by atoms with Crippen LogP contribution in [0.2, 0.25) is 0 Å². The molecule has 1 N–H and O–H groups in total. The summed E-state index contributed by atoms with van der Waals surface area (Å²) < 4.78 is 27.8. The summed E-state index contributed by atoms with van der Waals surface area (Å²) in [7, 11) is -3.28. The van der Waals surface area contributed by atoms with E-state index in [1.54, 1.807) is 12.1 Å². The third kappa shape index (κ3) is 3.45. The van der Waals surface area contributed by atoms with Crippen LogP contribution < -0.4 is 5.32 Å². The lowest BCUT2D eigenvalue weighted by molar-refractivity contribution is 0.102. The van der Waals surface area contributed by atoms with Crippen LogP contribution in [-0.2, 0) is 16.3 Å². The summed E-state index contributed by atoms with van der Waals surface area (Å²) >= 11 is 2.28. The van der Waals surface area contributed by atoms with Gasteiger partial charge in [0.1, 0.15) is 4.88 Å². The molecular formula is C14H14N4O3S3. The van der Waals surface area contributed by atoms with E-state index in [2.05, 4.69) is 19.9 Å². The highest BCUT2D eigenvalue weighted by Gasteiger charge is 2.18. The first-order chi connectivity index (χ1) is 11.4. The van der Waals surface area contributed by atoms with Gasteiger partial charge in [0.2, 0.25) is 0 Å². The van der Waals surface area contributed by atoms with E-state index in [0.717, 1.165) is 24.2 Å². The third-order valence-electron chi connectivity index (χ3n) is 3.26. The van der Waals surface area contributed by atoms with Gasteiger partial charge in [-0.1, -0.05) is 29.2 Å². The fourth-order valence-electron chi connectivity index (χ4n) is 2.12. The molecule has 0 aliphatic carbocycles. The van der Waals surface area contributed by atoms with Crippen molar-refractivity contribution >= 4 is 54.0 Å². The highest BCUT2D eigenvalue weighted by Crippen LogP contribution is 2.28. The second-order valence-electron chi connectivity index (χ2n) is 5.17. The number of benzene rings is 1. The minimum Gasteiger partial charge on any atom is -0.297 e. The zero-order valence-corrected chi connectivity index (χ0v) is 15.4. The van der Waals surface area contributed by atoms with Crippen LogP contribution in [0.5, 0.6) is 0 Å². The van der Waals surface area contributed by atoms with Gasteiger partial charge < -0.3 is 0 Å². The Morgan fingerprint density at radius 3 is 2.83 bits per heavy atom. The number of thiazole rings is 1. The van der Waals surface area contributed by atoms with E-state index in [0.29, 0.717) is 32.3 Å². The summed E-state index contributed by atoms with van der Waals surface area (Å²) in [6, 6.07) is 4.71. The van der Waals surface area contributed by atoms with E-state index in [1.165, 1.54) is 17.4 Å². The number of aryl methyl sites for hydroxylation is 1. The lowest BCUT2D eigenvalue weighted by Crippen LogP contribution is -2.12. The molecule has 2 aromatic heterocycles. The molecule has 0 unspecified atom stereocenters. The number of hydrogen-bond acceptors (Lipinski definition) is 8. The normalized spacial score (nSPS) is 11.8. The number of carbonyl (C=O) groups excluding carboxylic acids is 1. The van der Waals surface area contributed by atoms with Gasteiger partial charge in [-0.05, 0) is 36.2 Å². The third-order valence-corrected chi connectivity index (χ3v) is 6.07. The van der Waals surface area contributed by atoms with Crippen LogP contribution in [-0.4, -0.2) is 35.2 Å². The van der Waals surface area contributed by atoms with Crippen molar-refractivity contribution in [1.29, 1.82) is 0 Å². The molecule has 0 atom stereocenters. The number of sulfone groups is 1. The first-order valence-electron chi connectivity index (χ1n) is 7.11. The number of carbonyl (C=O) groups is 1. The van der Waals surface area contributed by atoms with Gasteiger partial charge in [0.25, 0.3) is 5.91 Å². The van der Waals surface area contributed by atoms with Crippen LogP contribution in [0.1, 0.15) is 28.7 Å². The number of aromatic nitrogens is 3. The quantitative estimate of drug-likeness (QED) is 0.728. The second-order valence-corrected chi connectivity index (χ2v) is 8.97. The van der Waals surface area contributed by atoms with Gasteiger partial charge in [-0.15, -0.1) is 5.10 Å². The van der Waals surface area contributed by atoms with Crippen molar-refractivity contribution in [2.24, 2.45) is 0 Å². The van der Waals surface area contributed by atoms with Gasteiger partial charge >= 0.3 is 0 Å². The number of rotatable bonds is 5. The van der Waals surface area contributed by atoms with E-state index >= 15 is 0 Å². The van der Waals surface area contributed by atoms with Crippen LogP contribution in [0, 0.1) is 0 Å². The number of amides is 1. The van der Waals surface area contributed by atoms with E-state index in [9.17, 15) is 13.2 Å². The molecule has 0 bridgehead atoms. The van der Waals surface area contributed by atoms with Crippen molar-refractivity contribution < 1.29 is 13.2 Å². The maximum atomic E-state index is 12.4. The van der Waals surface area contributed by atoms with E-state index < -0.39 is 9.84 Å². The average Bonchev–Trinajstić information content (AvgIpc) is 3.11. The average molecular weight is 382 g/mol. The minimum atomic E-state index is -3.28. The molecule has 0 spiro atoms. The number of fused-ring (bicyclic) bond motifs is 1. The molecule has 126 valence electrons. The zero-order chi connectivity index (χ0) is 17.3. The van der Waals surface area contributed by atoms with E-state index in [4.69, 9.17) is 0 Å². The van der Waals surface area contributed by atoms with Crippen LogP contribution in [0.25, 0.3) is 10.2 Å². The molecule has 7 nitrogen and oxygen atoms in total. The summed E-state index contributed by atoms with van der Waals surface area (Å²) in [6.45, 7) is 2.01. The zero-order valence-electron chi connectivity index (χ0n) is 12.9. The lowest BCUT2D eigenvalue weighted by Gasteiger charge is -1.99. The van der Waals surface area contributed by atoms with Gasteiger partial charge in [0, 0.05) is 6.26 Å². The molecule has 0 saturated carbocycles. The van der Waals surface area contributed by atoms with Crippen molar-refractivity contribution in [3.05, 3.63) is 28.8 Å². The monoisotopic (exact) mass is 382 g/mol. The molecule has 0 radical (unpaired) electrons. The number of nitrogens with zero attached hydrogens (tertiary/aromatic N) is 3. The van der Waals surface area contributed by atoms with Crippen molar-refractivity contribution in [3.63, 3.8) is 0 Å². The Labute approximate surface area is 146 Å². The Morgan fingerprint density at radius 1 is 1.33 bits per heavy atom. The summed E-state index contributed by atoms with van der Waals surface area (Å²) in [5, 5.41) is 7.13. The Balaban J connectivity index is 1.87. The molecule has 1 amide bonds. The van der Waals surface area contributed by atoms with Crippen molar-refractivity contribution in [3.8, 4) is 0 Å². The first-order valence-corrected chi connectivity index (χ1v) is 10.6. The second kappa shape index (κ2) is 6.54. The van der Waals surface area contributed by atoms with E-state index in [-0.39, 0.29) is 10.8 Å². The summed E-state index contributed by atoms with van der Waals surface area (Å²) in [6.07, 6.45) is 2.72. The molecule has 0 fully saturated rings. The summed E-state index contributed by atoms with van der Waals surface area (Å²) in [5.41, 5.74) is 1.32. The summed E-state index contributed by atoms with van der Waals surface area (Å²) in [4.78, 5) is 17.4. The number of nitrogens with one attached hydrogen (secondary N) is 1. The number of hydrogen-bond donors (Lipinski definition) is 1. The van der Waals surface area contributed by atoms with Crippen LogP contribution >= 0.6 is 22.9 Å². The lowest BCUT2D eigenvalue weighted by atomic mass is 10.2. The van der Waals surface area contributed by atoms with Crippen LogP contribution in [0.15, 0.2) is 23.1 Å². The van der Waals surface area contributed by atoms with Gasteiger partial charge in [0.05, 0.1) is 20.8 Å². The maximum Gasteiger partial charge on any atom is 0.271 e. The molecule has 1 aromatic carbocycles. The molecule has 24 heavy (non-hydrogen) atoms. The maximum absolute atomic E-state index is 12.4. The predicted octanol–water partition coefficient (Wildman–Crippen LogP) is 2.76. The SMILES string of the molecule is CCCc1nnsc1C(=O)Nc1nc2ccc(S(C)(=O)=O)cc2s1. The Kier molecular flexibility index (Phi) is 4.61. The molecule has 2 heterocycles. The van der Waals surface area contributed by atoms with Crippen molar-refractivity contribution in [2.75, 3.05) is 11.6 Å². The van der Waals surface area contributed by atoms with Crippen LogP contribution in [0.3, 0.4) is 0 Å². The topological polar surface area (TPSA) is 102 Å². The molecule has 0 aliphatic heterocycles. The Bertz CT molecular complexity index is 1010. The fourth-order valence-corrected chi connectivity index (χ4v) is 4.35. The van der Waals surface area contributed by atoms with Crippen molar-refractivity contribution in [2.45, 2.75) is 24.7 Å². The summed E-state index contributed by atoms with van der Waals surface area (Å²) in [5.74, 6) is -0.296. The predicted molar refractivity (Wildman–Crippen MR) is 94.6 cm³/mol. The standard InChI is InChI=1S/C14H14N4O3S3/c1-3-4-10-12(23-18-17-10)13(19)16-14-15-9-6-5-8(24(2,20)21)7-11(9)22-14/h5-7H,3-4H2,1-2H3,(H,15,16,19). The number of anilines is 1. The smallest absolute Gasteiger partial charge is 0.271 e. The van der Waals surface area contributed by atoms with Gasteiger partial charge in [-0.2, -0.15) is 0 Å². The minimum absolute atomic E-state index is 0.230. The fraction of sp³-hybridized carbons (Fsp3) is 0.286. The van der Waals surface area contributed by atoms with Gasteiger partial charge in [0.15, 0.2) is 15.0 Å². The molecule has 0 saturated heterocycles. The Hall–Kier alpha value is -1.91. The van der Waals surface area contributed by atoms with Crippen molar-refractivity contribution in [1.82, 2.24) is 14.6 Å². The molecule has 10 heteroatoms. The van der Waals surface area contributed by atoms with Gasteiger partial charge in [-0.25, -0.2) is 13.4 Å². The molecule has 3 rings (SSSR count). The highest BCUT2D eigenvalue weighted by atomic mass is 32.2. The van der Waals surface area contributed by atoms with Crippen LogP contribution in [0.4, 0.5) is 5.13 Å².